The first-order valence-corrected chi connectivity index (χ1v) is 3.52. The molecule has 0 unspecified atom stereocenters. The second kappa shape index (κ2) is 3.57. The fraction of sp³-hybridized carbons (Fsp3) is 0.143. The van der Waals surface area contributed by atoms with Crippen LogP contribution in [0.4, 0.5) is 5.69 Å². The average molecular weight is 173 g/mol. The minimum absolute atomic E-state index is 0.0750. The SMILES string of the molecule is NNc1cccc(CO)c1Cl. The summed E-state index contributed by atoms with van der Waals surface area (Å²) in [6.07, 6.45) is 0. The standard InChI is InChI=1S/C7H9ClN2O/c8-7-5(4-11)2-1-3-6(7)10-9/h1-3,10-11H,4,9H2. The normalized spacial score (nSPS) is 9.73. The molecule has 3 nitrogen and oxygen atoms in total. The molecule has 0 aliphatic heterocycles. The molecule has 0 radical (unpaired) electrons. The molecule has 0 heterocycles. The Morgan fingerprint density at radius 1 is 1.55 bits per heavy atom. The van der Waals surface area contributed by atoms with E-state index in [4.69, 9.17) is 22.6 Å². The molecule has 0 fully saturated rings. The summed E-state index contributed by atoms with van der Waals surface area (Å²) in [5, 5.41) is 9.26. The first kappa shape index (κ1) is 8.33. The molecule has 0 aromatic heterocycles. The second-order valence-corrected chi connectivity index (χ2v) is 2.46. The topological polar surface area (TPSA) is 58.3 Å². The lowest BCUT2D eigenvalue weighted by Crippen LogP contribution is -2.07. The third kappa shape index (κ3) is 1.63. The van der Waals surface area contributed by atoms with Crippen LogP contribution in [0.25, 0.3) is 0 Å². The van der Waals surface area contributed by atoms with E-state index in [0.29, 0.717) is 16.3 Å². The number of anilines is 1. The smallest absolute Gasteiger partial charge is 0.0705 e. The van der Waals surface area contributed by atoms with Crippen LogP contribution in [0.3, 0.4) is 0 Å². The maximum atomic E-state index is 8.79. The Hall–Kier alpha value is -0.770. The summed E-state index contributed by atoms with van der Waals surface area (Å²) in [5.74, 6) is 5.16. The van der Waals surface area contributed by atoms with Crippen LogP contribution in [0.15, 0.2) is 18.2 Å². The summed E-state index contributed by atoms with van der Waals surface area (Å²) >= 11 is 5.81. The predicted octanol–water partition coefficient (Wildman–Crippen LogP) is 1.12. The highest BCUT2D eigenvalue weighted by Gasteiger charge is 2.02. The Labute approximate surface area is 69.8 Å². The van der Waals surface area contributed by atoms with Crippen molar-refractivity contribution in [3.63, 3.8) is 0 Å². The molecule has 60 valence electrons. The number of rotatable bonds is 2. The maximum absolute atomic E-state index is 8.79. The lowest BCUT2D eigenvalue weighted by Gasteiger charge is -2.05. The molecule has 4 N–H and O–H groups in total. The summed E-state index contributed by atoms with van der Waals surface area (Å²) in [4.78, 5) is 0. The molecule has 11 heavy (non-hydrogen) atoms. The van der Waals surface area contributed by atoms with Crippen molar-refractivity contribution in [1.82, 2.24) is 0 Å². The van der Waals surface area contributed by atoms with Crippen LogP contribution >= 0.6 is 11.6 Å². The van der Waals surface area contributed by atoms with E-state index in [0.717, 1.165) is 0 Å². The van der Waals surface area contributed by atoms with Gasteiger partial charge in [-0.3, -0.25) is 5.84 Å². The third-order valence-corrected chi connectivity index (χ3v) is 1.85. The van der Waals surface area contributed by atoms with Crippen LogP contribution in [-0.4, -0.2) is 5.11 Å². The van der Waals surface area contributed by atoms with Crippen LogP contribution in [0, 0.1) is 0 Å². The number of nitrogen functional groups attached to an aromatic ring is 1. The van der Waals surface area contributed by atoms with Gasteiger partial charge < -0.3 is 10.5 Å². The average Bonchev–Trinajstić information content (AvgIpc) is 2.05. The zero-order chi connectivity index (χ0) is 8.27. The van der Waals surface area contributed by atoms with E-state index in [1.807, 2.05) is 0 Å². The van der Waals surface area contributed by atoms with Gasteiger partial charge in [0.15, 0.2) is 0 Å². The van der Waals surface area contributed by atoms with Crippen LogP contribution < -0.4 is 11.3 Å². The summed E-state index contributed by atoms with van der Waals surface area (Å²) in [7, 11) is 0. The zero-order valence-electron chi connectivity index (χ0n) is 5.84. The molecule has 0 spiro atoms. The van der Waals surface area contributed by atoms with Gasteiger partial charge in [-0.15, -0.1) is 0 Å². The van der Waals surface area contributed by atoms with E-state index < -0.39 is 0 Å². The fourth-order valence-corrected chi connectivity index (χ4v) is 1.05. The fourth-order valence-electron chi connectivity index (χ4n) is 0.813. The monoisotopic (exact) mass is 172 g/mol. The summed E-state index contributed by atoms with van der Waals surface area (Å²) in [6.45, 7) is -0.0750. The number of nitrogens with two attached hydrogens (primary N) is 1. The highest BCUT2D eigenvalue weighted by molar-refractivity contribution is 6.33. The van der Waals surface area contributed by atoms with Gasteiger partial charge in [0.2, 0.25) is 0 Å². The Bertz CT molecular complexity index is 230. The third-order valence-electron chi connectivity index (χ3n) is 1.40. The number of nitrogens with one attached hydrogen (secondary N) is 1. The molecular formula is C7H9ClN2O. The number of hydrogen-bond donors (Lipinski definition) is 3. The van der Waals surface area contributed by atoms with Crippen molar-refractivity contribution in [2.45, 2.75) is 6.61 Å². The lowest BCUT2D eigenvalue weighted by atomic mass is 10.2. The van der Waals surface area contributed by atoms with Gasteiger partial charge in [-0.1, -0.05) is 23.7 Å². The second-order valence-electron chi connectivity index (χ2n) is 2.08. The van der Waals surface area contributed by atoms with E-state index in [-0.39, 0.29) is 6.61 Å². The molecule has 1 aromatic rings. The van der Waals surface area contributed by atoms with Crippen molar-refractivity contribution in [2.24, 2.45) is 5.84 Å². The summed E-state index contributed by atoms with van der Waals surface area (Å²) < 4.78 is 0. The number of aliphatic hydroxyl groups excluding tert-OH is 1. The molecule has 4 heteroatoms. The molecule has 0 amide bonds. The molecular weight excluding hydrogens is 164 g/mol. The highest BCUT2D eigenvalue weighted by Crippen LogP contribution is 2.24. The predicted molar refractivity (Wildman–Crippen MR) is 45.2 cm³/mol. The number of hydrogen-bond acceptors (Lipinski definition) is 3. The summed E-state index contributed by atoms with van der Waals surface area (Å²) in [5.41, 5.74) is 3.72. The van der Waals surface area contributed by atoms with Crippen molar-refractivity contribution in [2.75, 3.05) is 5.43 Å². The van der Waals surface area contributed by atoms with Crippen molar-refractivity contribution in [3.8, 4) is 0 Å². The molecule has 0 aliphatic carbocycles. The number of aliphatic hydroxyl groups is 1. The molecule has 1 rings (SSSR count). The van der Waals surface area contributed by atoms with Gasteiger partial charge in [-0.25, -0.2) is 0 Å². The van der Waals surface area contributed by atoms with Crippen LogP contribution in [0.1, 0.15) is 5.56 Å². The quantitative estimate of drug-likeness (QED) is 0.463. The number of hydrazine groups is 1. The molecule has 1 aromatic carbocycles. The highest BCUT2D eigenvalue weighted by atomic mass is 35.5. The van der Waals surface area contributed by atoms with Crippen molar-refractivity contribution >= 4 is 17.3 Å². The Morgan fingerprint density at radius 2 is 2.27 bits per heavy atom. The van der Waals surface area contributed by atoms with Gasteiger partial charge >= 0.3 is 0 Å². The van der Waals surface area contributed by atoms with E-state index in [1.165, 1.54) is 0 Å². The van der Waals surface area contributed by atoms with Gasteiger partial charge in [-0.05, 0) is 11.6 Å². The number of halogens is 1. The van der Waals surface area contributed by atoms with Crippen molar-refractivity contribution in [1.29, 1.82) is 0 Å². The van der Waals surface area contributed by atoms with E-state index in [1.54, 1.807) is 18.2 Å². The van der Waals surface area contributed by atoms with Crippen LogP contribution in [0.5, 0.6) is 0 Å². The minimum Gasteiger partial charge on any atom is -0.392 e. The van der Waals surface area contributed by atoms with Gasteiger partial charge in [0.1, 0.15) is 0 Å². The Kier molecular flexibility index (Phi) is 2.70. The van der Waals surface area contributed by atoms with Crippen LogP contribution in [-0.2, 0) is 6.61 Å². The van der Waals surface area contributed by atoms with Crippen LogP contribution in [0.2, 0.25) is 5.02 Å². The van der Waals surface area contributed by atoms with Gasteiger partial charge in [0.25, 0.3) is 0 Å². The Morgan fingerprint density at radius 3 is 2.82 bits per heavy atom. The van der Waals surface area contributed by atoms with E-state index in [9.17, 15) is 0 Å². The number of benzene rings is 1. The molecule has 0 aliphatic rings. The van der Waals surface area contributed by atoms with E-state index >= 15 is 0 Å². The molecule has 0 saturated heterocycles. The van der Waals surface area contributed by atoms with Gasteiger partial charge in [-0.2, -0.15) is 0 Å². The first-order valence-electron chi connectivity index (χ1n) is 3.14. The van der Waals surface area contributed by atoms with Crippen molar-refractivity contribution < 1.29 is 5.11 Å². The van der Waals surface area contributed by atoms with Crippen molar-refractivity contribution in [3.05, 3.63) is 28.8 Å². The largest absolute Gasteiger partial charge is 0.392 e. The lowest BCUT2D eigenvalue weighted by molar-refractivity contribution is 0.282. The summed E-state index contributed by atoms with van der Waals surface area (Å²) in [6, 6.07) is 5.25. The first-order chi connectivity index (χ1) is 5.29. The van der Waals surface area contributed by atoms with Gasteiger partial charge in [0, 0.05) is 0 Å². The Balaban J connectivity index is 3.10. The maximum Gasteiger partial charge on any atom is 0.0705 e. The van der Waals surface area contributed by atoms with E-state index in [2.05, 4.69) is 5.43 Å². The molecule has 0 saturated carbocycles. The molecule has 0 atom stereocenters. The molecule has 0 bridgehead atoms. The zero-order valence-corrected chi connectivity index (χ0v) is 6.60. The minimum atomic E-state index is -0.0750. The van der Waals surface area contributed by atoms with Gasteiger partial charge in [0.05, 0.1) is 17.3 Å².